The molecular formula is C23H25FN4O2S. The summed E-state index contributed by atoms with van der Waals surface area (Å²) in [4.78, 5) is 24.7. The average Bonchev–Trinajstić information content (AvgIpc) is 3.17. The van der Waals surface area contributed by atoms with Crippen LogP contribution in [0.1, 0.15) is 35.0 Å². The number of ether oxygens (including phenoxy) is 1. The zero-order chi connectivity index (χ0) is 21.8. The van der Waals surface area contributed by atoms with Crippen LogP contribution >= 0.6 is 11.3 Å². The van der Waals surface area contributed by atoms with Gasteiger partial charge in [0.05, 0.1) is 0 Å². The van der Waals surface area contributed by atoms with E-state index in [0.717, 1.165) is 39.9 Å². The number of likely N-dealkylation sites (tertiary alicyclic amines) is 1. The summed E-state index contributed by atoms with van der Waals surface area (Å²) in [5, 5.41) is 4.20. The molecule has 6 nitrogen and oxygen atoms in total. The van der Waals surface area contributed by atoms with Gasteiger partial charge in [0.1, 0.15) is 0 Å². The molecule has 0 spiro atoms. The predicted molar refractivity (Wildman–Crippen MR) is 120 cm³/mol. The Morgan fingerprint density at radius 3 is 2.94 bits per heavy atom. The molecule has 3 heterocycles. The molecule has 162 valence electrons. The lowest BCUT2D eigenvalue weighted by atomic mass is 9.93. The highest BCUT2D eigenvalue weighted by Crippen LogP contribution is 2.30. The van der Waals surface area contributed by atoms with Crippen molar-refractivity contribution in [1.82, 2.24) is 14.9 Å². The van der Waals surface area contributed by atoms with Gasteiger partial charge in [-0.3, -0.25) is 9.78 Å². The maximum absolute atomic E-state index is 13.7. The van der Waals surface area contributed by atoms with E-state index in [1.807, 2.05) is 32.2 Å². The molecule has 1 atom stereocenters. The second kappa shape index (κ2) is 9.43. The monoisotopic (exact) mass is 440 g/mol. The van der Waals surface area contributed by atoms with Crippen molar-refractivity contribution < 1.29 is 13.9 Å². The van der Waals surface area contributed by atoms with Crippen molar-refractivity contribution >= 4 is 28.1 Å². The highest BCUT2D eigenvalue weighted by Gasteiger charge is 2.26. The number of nitrogens with zero attached hydrogens (tertiary/aromatic N) is 3. The quantitative estimate of drug-likeness (QED) is 0.595. The first-order valence-corrected chi connectivity index (χ1v) is 11.1. The van der Waals surface area contributed by atoms with E-state index in [2.05, 4.69) is 10.3 Å². The fourth-order valence-corrected chi connectivity index (χ4v) is 4.43. The number of thiazole rings is 1. The van der Waals surface area contributed by atoms with Crippen LogP contribution in [0.3, 0.4) is 0 Å². The molecule has 1 unspecified atom stereocenters. The number of aryl methyl sites for hydroxylation is 2. The summed E-state index contributed by atoms with van der Waals surface area (Å²) >= 11 is 1.60. The topological polar surface area (TPSA) is 67.4 Å². The van der Waals surface area contributed by atoms with Gasteiger partial charge in [-0.25, -0.2) is 9.37 Å². The fraction of sp³-hybridized carbons (Fsp3) is 0.348. The second-order valence-corrected chi connectivity index (χ2v) is 8.96. The van der Waals surface area contributed by atoms with Gasteiger partial charge in [-0.1, -0.05) is 12.1 Å². The van der Waals surface area contributed by atoms with Crippen molar-refractivity contribution in [3.05, 3.63) is 64.7 Å². The van der Waals surface area contributed by atoms with Crippen LogP contribution in [0.4, 0.5) is 15.2 Å². The lowest BCUT2D eigenvalue weighted by Gasteiger charge is -2.32. The normalized spacial score (nSPS) is 16.2. The number of carbonyl (C=O) groups excluding carboxylic acids is 1. The number of benzene rings is 1. The maximum Gasteiger partial charge on any atom is 0.260 e. The van der Waals surface area contributed by atoms with Gasteiger partial charge in [-0.2, -0.15) is 0 Å². The number of aromatic nitrogens is 2. The van der Waals surface area contributed by atoms with Crippen LogP contribution < -0.4 is 10.1 Å². The number of nitrogens with one attached hydrogen (secondary N) is 1. The molecule has 1 N–H and O–H groups in total. The third kappa shape index (κ3) is 5.38. The Hall–Kier alpha value is -3.00. The number of hydrogen-bond acceptors (Lipinski definition) is 6. The molecular weight excluding hydrogens is 415 g/mol. The van der Waals surface area contributed by atoms with E-state index in [4.69, 9.17) is 9.72 Å². The molecule has 31 heavy (non-hydrogen) atoms. The van der Waals surface area contributed by atoms with Crippen LogP contribution in [-0.2, 0) is 4.79 Å². The average molecular weight is 441 g/mol. The molecule has 2 aromatic heterocycles. The van der Waals surface area contributed by atoms with Gasteiger partial charge in [0.25, 0.3) is 5.91 Å². The number of pyridine rings is 1. The van der Waals surface area contributed by atoms with Gasteiger partial charge in [-0.05, 0) is 51.0 Å². The van der Waals surface area contributed by atoms with Crippen LogP contribution in [-0.4, -0.2) is 40.5 Å². The van der Waals surface area contributed by atoms with E-state index < -0.39 is 5.82 Å². The van der Waals surface area contributed by atoms with E-state index >= 15 is 0 Å². The Morgan fingerprint density at radius 2 is 2.16 bits per heavy atom. The summed E-state index contributed by atoms with van der Waals surface area (Å²) in [6, 6.07) is 10.1. The van der Waals surface area contributed by atoms with Gasteiger partial charge in [0.2, 0.25) is 0 Å². The molecule has 0 aliphatic carbocycles. The summed E-state index contributed by atoms with van der Waals surface area (Å²) in [6.45, 7) is 5.06. The van der Waals surface area contributed by atoms with Gasteiger partial charge in [0, 0.05) is 47.2 Å². The lowest BCUT2D eigenvalue weighted by Crippen LogP contribution is -2.41. The minimum atomic E-state index is -0.466. The molecule has 0 bridgehead atoms. The minimum Gasteiger partial charge on any atom is -0.481 e. The Bertz CT molecular complexity index is 1070. The largest absolute Gasteiger partial charge is 0.481 e. The standard InChI is InChI=1S/C23H25FN4O2S/c1-15-10-18(27-23-25-12-16(2)31-23)11-20(26-15)17-6-5-9-28(13-17)22(29)14-30-21-8-4-3-7-19(21)24/h3-4,7-8,10-12,17H,5-6,9,13-14H2,1-2H3,(H,25,26,27). The van der Waals surface area contributed by atoms with Crippen molar-refractivity contribution in [3.63, 3.8) is 0 Å². The van der Waals surface area contributed by atoms with E-state index in [1.54, 1.807) is 28.4 Å². The van der Waals surface area contributed by atoms with Crippen molar-refractivity contribution in [2.75, 3.05) is 25.0 Å². The first-order valence-electron chi connectivity index (χ1n) is 10.3. The number of anilines is 2. The fourth-order valence-electron chi connectivity index (χ4n) is 3.75. The summed E-state index contributed by atoms with van der Waals surface area (Å²) in [6.07, 6.45) is 3.69. The van der Waals surface area contributed by atoms with Crippen molar-refractivity contribution in [3.8, 4) is 5.75 Å². The molecule has 0 saturated carbocycles. The van der Waals surface area contributed by atoms with Crippen LogP contribution in [0.2, 0.25) is 0 Å². The van der Waals surface area contributed by atoms with Crippen molar-refractivity contribution in [2.24, 2.45) is 0 Å². The molecule has 1 aliphatic rings. The first-order chi connectivity index (χ1) is 15.0. The zero-order valence-corrected chi connectivity index (χ0v) is 18.4. The van der Waals surface area contributed by atoms with Crippen LogP contribution in [0, 0.1) is 19.7 Å². The van der Waals surface area contributed by atoms with E-state index in [1.165, 1.54) is 12.1 Å². The van der Waals surface area contributed by atoms with Gasteiger partial charge >= 0.3 is 0 Å². The molecule has 1 fully saturated rings. The molecule has 4 rings (SSSR count). The molecule has 3 aromatic rings. The Balaban J connectivity index is 1.42. The Kier molecular flexibility index (Phi) is 6.46. The number of carbonyl (C=O) groups is 1. The first kappa shape index (κ1) is 21.2. The molecule has 1 saturated heterocycles. The van der Waals surface area contributed by atoms with E-state index in [-0.39, 0.29) is 24.2 Å². The number of piperidine rings is 1. The zero-order valence-electron chi connectivity index (χ0n) is 17.6. The van der Waals surface area contributed by atoms with Crippen LogP contribution in [0.5, 0.6) is 5.75 Å². The van der Waals surface area contributed by atoms with Gasteiger partial charge < -0.3 is 15.0 Å². The summed E-state index contributed by atoms with van der Waals surface area (Å²) in [5.74, 6) is -0.369. The summed E-state index contributed by atoms with van der Waals surface area (Å²) in [7, 11) is 0. The number of rotatable bonds is 6. The van der Waals surface area contributed by atoms with Gasteiger partial charge in [0.15, 0.2) is 23.3 Å². The lowest BCUT2D eigenvalue weighted by molar-refractivity contribution is -0.134. The maximum atomic E-state index is 13.7. The predicted octanol–water partition coefficient (Wildman–Crippen LogP) is 4.82. The molecule has 8 heteroatoms. The number of amides is 1. The highest BCUT2D eigenvalue weighted by molar-refractivity contribution is 7.15. The third-order valence-corrected chi connectivity index (χ3v) is 6.05. The summed E-state index contributed by atoms with van der Waals surface area (Å²) in [5.41, 5.74) is 2.83. The minimum absolute atomic E-state index is 0.0953. The number of halogens is 1. The van der Waals surface area contributed by atoms with Gasteiger partial charge in [-0.15, -0.1) is 11.3 Å². The Labute approximate surface area is 185 Å². The SMILES string of the molecule is Cc1cc(Nc2ncc(C)s2)cc(C2CCCN(C(=O)COc3ccccc3F)C2)n1. The van der Waals surface area contributed by atoms with Crippen LogP contribution in [0.25, 0.3) is 0 Å². The molecule has 1 aliphatic heterocycles. The van der Waals surface area contributed by atoms with E-state index in [9.17, 15) is 9.18 Å². The van der Waals surface area contributed by atoms with E-state index in [0.29, 0.717) is 13.1 Å². The number of hydrogen-bond donors (Lipinski definition) is 1. The smallest absolute Gasteiger partial charge is 0.260 e. The van der Waals surface area contributed by atoms with Crippen LogP contribution in [0.15, 0.2) is 42.6 Å². The Morgan fingerprint density at radius 1 is 1.32 bits per heavy atom. The second-order valence-electron chi connectivity index (χ2n) is 7.72. The molecule has 0 radical (unpaired) electrons. The molecule has 1 amide bonds. The third-order valence-electron chi connectivity index (χ3n) is 5.23. The summed E-state index contributed by atoms with van der Waals surface area (Å²) < 4.78 is 19.1. The van der Waals surface area contributed by atoms with Crippen molar-refractivity contribution in [1.29, 1.82) is 0 Å². The van der Waals surface area contributed by atoms with Crippen molar-refractivity contribution in [2.45, 2.75) is 32.6 Å². The molecule has 1 aromatic carbocycles. The number of para-hydroxylation sites is 1. The highest BCUT2D eigenvalue weighted by atomic mass is 32.1.